The van der Waals surface area contributed by atoms with E-state index in [4.69, 9.17) is 9.52 Å². The minimum Gasteiger partial charge on any atom is -0.478 e. The van der Waals surface area contributed by atoms with Gasteiger partial charge in [0.15, 0.2) is 5.76 Å². The molecule has 0 aliphatic heterocycles. The average molecular weight is 320 g/mol. The Morgan fingerprint density at radius 3 is 2.96 bits per heavy atom. The number of aromatic carboxylic acids is 1. The van der Waals surface area contributed by atoms with E-state index in [0.717, 1.165) is 16.6 Å². The highest BCUT2D eigenvalue weighted by Gasteiger charge is 2.10. The van der Waals surface area contributed by atoms with Gasteiger partial charge in [-0.1, -0.05) is 12.1 Å². The predicted octanol–water partition coefficient (Wildman–Crippen LogP) is 3.66. The van der Waals surface area contributed by atoms with E-state index in [0.29, 0.717) is 17.3 Å². The number of fused-ring (bicyclic) bond motifs is 1. The standard InChI is InChI=1S/C17H12N4O3/c22-16(23)11-3-1-2-10(6-11)15-9-18-17(24-15)20-13-4-5-14-12(7-13)8-19-21-14/h1-9H,(H,18,20)(H,19,21)(H,22,23). The summed E-state index contributed by atoms with van der Waals surface area (Å²) < 4.78 is 5.66. The lowest BCUT2D eigenvalue weighted by Gasteiger charge is -2.02. The number of nitrogens with zero attached hydrogens (tertiary/aromatic N) is 2. The molecule has 0 aliphatic carbocycles. The van der Waals surface area contributed by atoms with Crippen LogP contribution in [0.15, 0.2) is 59.3 Å². The molecule has 2 heterocycles. The lowest BCUT2D eigenvalue weighted by Crippen LogP contribution is -1.95. The maximum atomic E-state index is 11.0. The average Bonchev–Trinajstić information content (AvgIpc) is 3.24. The molecule has 118 valence electrons. The molecule has 0 aliphatic rings. The first-order valence-electron chi connectivity index (χ1n) is 7.19. The van der Waals surface area contributed by atoms with Crippen LogP contribution in [0, 0.1) is 0 Å². The largest absolute Gasteiger partial charge is 0.478 e. The van der Waals surface area contributed by atoms with Crippen LogP contribution in [0.5, 0.6) is 0 Å². The highest BCUT2D eigenvalue weighted by molar-refractivity contribution is 5.89. The second kappa shape index (κ2) is 5.54. The Balaban J connectivity index is 1.60. The van der Waals surface area contributed by atoms with Crippen LogP contribution in [-0.4, -0.2) is 26.3 Å². The van der Waals surface area contributed by atoms with Crippen LogP contribution >= 0.6 is 0 Å². The maximum Gasteiger partial charge on any atom is 0.335 e. The zero-order valence-electron chi connectivity index (χ0n) is 12.4. The van der Waals surface area contributed by atoms with Crippen molar-refractivity contribution in [1.82, 2.24) is 15.2 Å². The fraction of sp³-hybridized carbons (Fsp3) is 0. The number of nitrogens with one attached hydrogen (secondary N) is 2. The van der Waals surface area contributed by atoms with Gasteiger partial charge in [0.1, 0.15) is 0 Å². The van der Waals surface area contributed by atoms with E-state index in [2.05, 4.69) is 20.5 Å². The van der Waals surface area contributed by atoms with E-state index in [-0.39, 0.29) is 5.56 Å². The lowest BCUT2D eigenvalue weighted by molar-refractivity contribution is 0.0697. The first-order valence-corrected chi connectivity index (χ1v) is 7.19. The molecule has 24 heavy (non-hydrogen) atoms. The number of carboxylic acids is 1. The first kappa shape index (κ1) is 14.0. The van der Waals surface area contributed by atoms with Crippen molar-refractivity contribution in [2.24, 2.45) is 0 Å². The molecule has 0 unspecified atom stereocenters. The lowest BCUT2D eigenvalue weighted by atomic mass is 10.1. The summed E-state index contributed by atoms with van der Waals surface area (Å²) in [5.74, 6) is -0.492. The molecule has 2 aromatic carbocycles. The monoisotopic (exact) mass is 320 g/mol. The summed E-state index contributed by atoms with van der Waals surface area (Å²) in [5.41, 5.74) is 2.61. The van der Waals surface area contributed by atoms with Gasteiger partial charge in [-0.05, 0) is 30.3 Å². The fourth-order valence-electron chi connectivity index (χ4n) is 2.41. The number of H-pyrrole nitrogens is 1. The van der Waals surface area contributed by atoms with E-state index in [9.17, 15) is 4.79 Å². The second-order valence-electron chi connectivity index (χ2n) is 5.21. The van der Waals surface area contributed by atoms with Crippen molar-refractivity contribution in [2.75, 3.05) is 5.32 Å². The molecule has 4 rings (SSSR count). The Morgan fingerprint density at radius 1 is 1.17 bits per heavy atom. The van der Waals surface area contributed by atoms with Crippen LogP contribution < -0.4 is 5.32 Å². The molecule has 0 saturated carbocycles. The van der Waals surface area contributed by atoms with Crippen molar-refractivity contribution < 1.29 is 14.3 Å². The number of hydrogen-bond acceptors (Lipinski definition) is 5. The van der Waals surface area contributed by atoms with Crippen molar-refractivity contribution in [3.05, 3.63) is 60.4 Å². The van der Waals surface area contributed by atoms with Gasteiger partial charge in [-0.2, -0.15) is 5.10 Å². The van der Waals surface area contributed by atoms with Gasteiger partial charge in [-0.3, -0.25) is 5.10 Å². The Kier molecular flexibility index (Phi) is 3.24. The normalized spacial score (nSPS) is 10.8. The molecule has 0 spiro atoms. The third-order valence-corrected chi connectivity index (χ3v) is 3.59. The van der Waals surface area contributed by atoms with Gasteiger partial charge in [0.25, 0.3) is 6.01 Å². The Bertz CT molecular complexity index is 1030. The summed E-state index contributed by atoms with van der Waals surface area (Å²) in [7, 11) is 0. The van der Waals surface area contributed by atoms with Gasteiger partial charge >= 0.3 is 5.97 Å². The summed E-state index contributed by atoms with van der Waals surface area (Å²) in [4.78, 5) is 15.2. The molecule has 2 aromatic heterocycles. The maximum absolute atomic E-state index is 11.0. The third kappa shape index (κ3) is 2.58. The molecule has 0 saturated heterocycles. The number of anilines is 2. The minimum atomic E-state index is -0.983. The van der Waals surface area contributed by atoms with E-state index >= 15 is 0 Å². The van der Waals surface area contributed by atoms with E-state index in [1.165, 1.54) is 6.07 Å². The van der Waals surface area contributed by atoms with Crippen molar-refractivity contribution in [2.45, 2.75) is 0 Å². The van der Waals surface area contributed by atoms with Crippen molar-refractivity contribution in [3.8, 4) is 11.3 Å². The number of carbonyl (C=O) groups is 1. The van der Waals surface area contributed by atoms with Gasteiger partial charge in [-0.25, -0.2) is 9.78 Å². The molecule has 0 atom stereocenters. The molecule has 0 bridgehead atoms. The van der Waals surface area contributed by atoms with Gasteiger partial charge in [0.05, 0.1) is 23.5 Å². The highest BCUT2D eigenvalue weighted by Crippen LogP contribution is 2.26. The summed E-state index contributed by atoms with van der Waals surface area (Å²) >= 11 is 0. The van der Waals surface area contributed by atoms with Crippen molar-refractivity contribution in [1.29, 1.82) is 0 Å². The quantitative estimate of drug-likeness (QED) is 0.530. The molecule has 7 nitrogen and oxygen atoms in total. The highest BCUT2D eigenvalue weighted by atomic mass is 16.4. The van der Waals surface area contributed by atoms with Gasteiger partial charge in [0.2, 0.25) is 0 Å². The number of carboxylic acid groups (broad SMARTS) is 1. The van der Waals surface area contributed by atoms with Crippen molar-refractivity contribution in [3.63, 3.8) is 0 Å². The molecule has 0 fully saturated rings. The number of aromatic nitrogens is 3. The smallest absolute Gasteiger partial charge is 0.335 e. The van der Waals surface area contributed by atoms with E-state index in [1.807, 2.05) is 18.2 Å². The van der Waals surface area contributed by atoms with Gasteiger partial charge in [-0.15, -0.1) is 0 Å². The Morgan fingerprint density at radius 2 is 2.08 bits per heavy atom. The van der Waals surface area contributed by atoms with Crippen LogP contribution in [0.2, 0.25) is 0 Å². The van der Waals surface area contributed by atoms with Gasteiger partial charge < -0.3 is 14.8 Å². The van der Waals surface area contributed by atoms with Crippen molar-refractivity contribution >= 4 is 28.6 Å². The summed E-state index contributed by atoms with van der Waals surface area (Å²) in [6.45, 7) is 0. The van der Waals surface area contributed by atoms with Crippen LogP contribution in [0.25, 0.3) is 22.2 Å². The number of hydrogen-bond donors (Lipinski definition) is 3. The zero-order chi connectivity index (χ0) is 16.5. The van der Waals surface area contributed by atoms with Gasteiger partial charge in [0, 0.05) is 16.6 Å². The molecule has 0 amide bonds. The fourth-order valence-corrected chi connectivity index (χ4v) is 2.41. The molecule has 7 heteroatoms. The number of oxazole rings is 1. The molecular weight excluding hydrogens is 308 g/mol. The van der Waals surface area contributed by atoms with E-state index < -0.39 is 5.97 Å². The molecule has 3 N–H and O–H groups in total. The molecule has 4 aromatic rings. The van der Waals surface area contributed by atoms with Crippen LogP contribution in [0.4, 0.5) is 11.7 Å². The third-order valence-electron chi connectivity index (χ3n) is 3.59. The van der Waals surface area contributed by atoms with Crippen LogP contribution in [-0.2, 0) is 0 Å². The molecular formula is C17H12N4O3. The predicted molar refractivity (Wildman–Crippen MR) is 88.3 cm³/mol. The Labute approximate surface area is 136 Å². The first-order chi connectivity index (χ1) is 11.7. The number of benzene rings is 2. The summed E-state index contributed by atoms with van der Waals surface area (Å²) in [6.07, 6.45) is 3.29. The number of aromatic amines is 1. The van der Waals surface area contributed by atoms with Crippen LogP contribution in [0.3, 0.4) is 0 Å². The SMILES string of the molecule is O=C(O)c1cccc(-c2cnc(Nc3ccc4[nH]ncc4c3)o2)c1. The topological polar surface area (TPSA) is 104 Å². The van der Waals surface area contributed by atoms with Crippen LogP contribution in [0.1, 0.15) is 10.4 Å². The van der Waals surface area contributed by atoms with E-state index in [1.54, 1.807) is 30.6 Å². The molecule has 0 radical (unpaired) electrons. The summed E-state index contributed by atoms with van der Waals surface area (Å²) in [6, 6.07) is 12.6. The zero-order valence-corrected chi connectivity index (χ0v) is 12.4. The summed E-state index contributed by atoms with van der Waals surface area (Å²) in [5, 5.41) is 20.0. The Hall–Kier alpha value is -3.61. The number of rotatable bonds is 4. The minimum absolute atomic E-state index is 0.198. The second-order valence-corrected chi connectivity index (χ2v) is 5.21.